The number of carbonyl (C=O) groups excluding carboxylic acids is 2. The van der Waals surface area contributed by atoms with E-state index in [2.05, 4.69) is 5.10 Å². The van der Waals surface area contributed by atoms with E-state index in [-0.39, 0.29) is 12.3 Å². The van der Waals surface area contributed by atoms with E-state index in [1.165, 1.54) is 24.3 Å². The Labute approximate surface area is 139 Å². The Balaban J connectivity index is 2.36. The lowest BCUT2D eigenvalue weighted by molar-refractivity contribution is -0.163. The third kappa shape index (κ3) is 3.08. The van der Waals surface area contributed by atoms with E-state index >= 15 is 0 Å². The zero-order chi connectivity index (χ0) is 17.0. The van der Waals surface area contributed by atoms with Crippen molar-refractivity contribution in [3.63, 3.8) is 0 Å². The molecule has 1 aliphatic rings. The van der Waals surface area contributed by atoms with Gasteiger partial charge in [-0.05, 0) is 24.1 Å². The van der Waals surface area contributed by atoms with Gasteiger partial charge in [0.2, 0.25) is 0 Å². The van der Waals surface area contributed by atoms with Gasteiger partial charge in [0.05, 0.1) is 13.2 Å². The average molecular weight is 341 g/mol. The number of nitrogens with zero attached hydrogens (tertiary/aromatic N) is 2. The molecule has 0 bridgehead atoms. The first kappa shape index (κ1) is 17.4. The Morgan fingerprint density at radius 3 is 2.83 bits per heavy atom. The molecular weight excluding hydrogens is 323 g/mol. The maximum atomic E-state index is 13.5. The number of amides is 1. The van der Waals surface area contributed by atoms with Crippen LogP contribution in [0.5, 0.6) is 0 Å². The number of methoxy groups -OCH3 is 1. The molecule has 23 heavy (non-hydrogen) atoms. The molecule has 1 aromatic carbocycles. The van der Waals surface area contributed by atoms with Crippen molar-refractivity contribution in [2.75, 3.05) is 13.0 Å². The summed E-state index contributed by atoms with van der Waals surface area (Å²) < 4.78 is 18.2. The van der Waals surface area contributed by atoms with Crippen molar-refractivity contribution in [2.24, 2.45) is 10.5 Å². The van der Waals surface area contributed by atoms with Crippen LogP contribution in [0.1, 0.15) is 31.4 Å². The van der Waals surface area contributed by atoms with Crippen LogP contribution < -0.4 is 0 Å². The van der Waals surface area contributed by atoms with Gasteiger partial charge in [0, 0.05) is 18.5 Å². The second kappa shape index (κ2) is 7.08. The molecule has 2 atom stereocenters. The van der Waals surface area contributed by atoms with Crippen LogP contribution in [0.25, 0.3) is 0 Å². The molecule has 5 nitrogen and oxygen atoms in total. The number of carbonyl (C=O) groups is 2. The molecule has 0 saturated heterocycles. The maximum absolute atomic E-state index is 13.5. The highest BCUT2D eigenvalue weighted by Gasteiger charge is 2.49. The Hall–Kier alpha value is -1.95. The van der Waals surface area contributed by atoms with Crippen molar-refractivity contribution in [1.29, 1.82) is 0 Å². The second-order valence-electron chi connectivity index (χ2n) is 5.32. The van der Waals surface area contributed by atoms with Gasteiger partial charge < -0.3 is 4.74 Å². The Kier molecular flexibility index (Phi) is 5.36. The molecule has 1 amide bonds. The van der Waals surface area contributed by atoms with Crippen LogP contribution in [0.3, 0.4) is 0 Å². The lowest BCUT2D eigenvalue weighted by Crippen LogP contribution is -2.48. The third-order valence-electron chi connectivity index (χ3n) is 4.09. The van der Waals surface area contributed by atoms with E-state index in [4.69, 9.17) is 16.3 Å². The monoisotopic (exact) mass is 340 g/mol. The van der Waals surface area contributed by atoms with E-state index in [1.54, 1.807) is 25.3 Å². The topological polar surface area (TPSA) is 59.0 Å². The van der Waals surface area contributed by atoms with E-state index in [1.807, 2.05) is 0 Å². The summed E-state index contributed by atoms with van der Waals surface area (Å²) in [6.07, 6.45) is 2.20. The average Bonchev–Trinajstić information content (AvgIpc) is 3.05. The fourth-order valence-corrected chi connectivity index (χ4v) is 3.02. The van der Waals surface area contributed by atoms with Gasteiger partial charge in [0.25, 0.3) is 5.91 Å². The van der Waals surface area contributed by atoms with Gasteiger partial charge in [-0.1, -0.05) is 19.1 Å². The SMILES string of the molecule is CCC(CCl)(C(=O)OC)C(=O)N1N=CCC1c1cccc(F)c1. The lowest BCUT2D eigenvalue weighted by Gasteiger charge is -2.32. The lowest BCUT2D eigenvalue weighted by atomic mass is 9.85. The van der Waals surface area contributed by atoms with Crippen molar-refractivity contribution >= 4 is 29.7 Å². The van der Waals surface area contributed by atoms with Gasteiger partial charge in [0.1, 0.15) is 5.82 Å². The van der Waals surface area contributed by atoms with Gasteiger partial charge in [0.15, 0.2) is 5.41 Å². The predicted octanol–water partition coefficient (Wildman–Crippen LogP) is 2.89. The first-order valence-electron chi connectivity index (χ1n) is 7.26. The highest BCUT2D eigenvalue weighted by atomic mass is 35.5. The van der Waals surface area contributed by atoms with E-state index < -0.39 is 29.2 Å². The van der Waals surface area contributed by atoms with Crippen molar-refractivity contribution in [3.05, 3.63) is 35.6 Å². The maximum Gasteiger partial charge on any atom is 0.322 e. The number of hydrogen-bond acceptors (Lipinski definition) is 4. The summed E-state index contributed by atoms with van der Waals surface area (Å²) in [5, 5.41) is 5.28. The largest absolute Gasteiger partial charge is 0.468 e. The summed E-state index contributed by atoms with van der Waals surface area (Å²) in [4.78, 5) is 25.1. The molecule has 2 rings (SSSR count). The van der Waals surface area contributed by atoms with Crippen molar-refractivity contribution in [1.82, 2.24) is 5.01 Å². The van der Waals surface area contributed by atoms with Gasteiger partial charge in [-0.2, -0.15) is 5.10 Å². The fraction of sp³-hybridized carbons (Fsp3) is 0.438. The molecule has 1 heterocycles. The first-order valence-corrected chi connectivity index (χ1v) is 7.79. The highest BCUT2D eigenvalue weighted by molar-refractivity contribution is 6.23. The number of hydrazone groups is 1. The van der Waals surface area contributed by atoms with Crippen molar-refractivity contribution in [3.8, 4) is 0 Å². The quantitative estimate of drug-likeness (QED) is 0.470. The molecule has 0 fully saturated rings. The first-order chi connectivity index (χ1) is 11.0. The minimum Gasteiger partial charge on any atom is -0.468 e. The van der Waals surface area contributed by atoms with Gasteiger partial charge in [-0.3, -0.25) is 9.59 Å². The molecule has 0 spiro atoms. The fourth-order valence-electron chi connectivity index (χ4n) is 2.60. The number of alkyl halides is 1. The van der Waals surface area contributed by atoms with Gasteiger partial charge >= 0.3 is 5.97 Å². The zero-order valence-electron chi connectivity index (χ0n) is 13.0. The zero-order valence-corrected chi connectivity index (χ0v) is 13.7. The normalized spacial score (nSPS) is 19.5. The molecule has 0 radical (unpaired) electrons. The van der Waals surface area contributed by atoms with Crippen LogP contribution in [-0.2, 0) is 14.3 Å². The molecule has 0 aliphatic carbocycles. The van der Waals surface area contributed by atoms with E-state index in [0.29, 0.717) is 12.0 Å². The molecule has 0 saturated carbocycles. The van der Waals surface area contributed by atoms with E-state index in [9.17, 15) is 14.0 Å². The minimum atomic E-state index is -1.50. The number of hydrogen-bond donors (Lipinski definition) is 0. The number of halogens is 2. The van der Waals surface area contributed by atoms with Crippen LogP contribution >= 0.6 is 11.6 Å². The summed E-state index contributed by atoms with van der Waals surface area (Å²) in [5.74, 6) is -1.84. The summed E-state index contributed by atoms with van der Waals surface area (Å²) in [6.45, 7) is 1.69. The summed E-state index contributed by atoms with van der Waals surface area (Å²) in [7, 11) is 1.21. The molecule has 1 aromatic rings. The van der Waals surface area contributed by atoms with Crippen LogP contribution in [0.2, 0.25) is 0 Å². The molecule has 2 unspecified atom stereocenters. The number of rotatable bonds is 5. The van der Waals surface area contributed by atoms with Crippen LogP contribution in [0.15, 0.2) is 29.4 Å². The van der Waals surface area contributed by atoms with Gasteiger partial charge in [-0.15, -0.1) is 11.6 Å². The minimum absolute atomic E-state index is 0.184. The molecule has 1 aliphatic heterocycles. The van der Waals surface area contributed by atoms with Crippen LogP contribution in [0.4, 0.5) is 4.39 Å². The third-order valence-corrected chi connectivity index (χ3v) is 4.54. The Bertz CT molecular complexity index is 632. The smallest absolute Gasteiger partial charge is 0.322 e. The standard InChI is InChI=1S/C16H18ClFN2O3/c1-3-16(10-17,15(22)23-2)14(21)20-13(7-8-19-20)11-5-4-6-12(18)9-11/h4-6,8-9,13H,3,7,10H2,1-2H3. The number of benzene rings is 1. The number of ether oxygens (including phenoxy) is 1. The Morgan fingerprint density at radius 2 is 2.26 bits per heavy atom. The molecule has 124 valence electrons. The summed E-state index contributed by atoms with van der Waals surface area (Å²) in [6, 6.07) is 5.51. The van der Waals surface area contributed by atoms with Crippen LogP contribution in [0, 0.1) is 11.2 Å². The molecule has 0 aromatic heterocycles. The van der Waals surface area contributed by atoms with Gasteiger partial charge in [-0.25, -0.2) is 9.40 Å². The summed E-state index contributed by atoms with van der Waals surface area (Å²) >= 11 is 5.93. The van der Waals surface area contributed by atoms with Crippen molar-refractivity contribution < 1.29 is 18.7 Å². The highest BCUT2D eigenvalue weighted by Crippen LogP contribution is 2.36. The molecule has 7 heteroatoms. The predicted molar refractivity (Wildman–Crippen MR) is 84.6 cm³/mol. The molecule has 0 N–H and O–H groups in total. The summed E-state index contributed by atoms with van der Waals surface area (Å²) in [5.41, 5.74) is -0.885. The number of esters is 1. The second-order valence-corrected chi connectivity index (χ2v) is 5.58. The van der Waals surface area contributed by atoms with Crippen LogP contribution in [-0.4, -0.2) is 36.1 Å². The van der Waals surface area contributed by atoms with E-state index in [0.717, 1.165) is 0 Å². The molecular formula is C16H18ClFN2O3. The Morgan fingerprint density at radius 1 is 1.52 bits per heavy atom. The van der Waals surface area contributed by atoms with Crippen molar-refractivity contribution in [2.45, 2.75) is 25.8 Å².